The first kappa shape index (κ1) is 12.7. The Hall–Kier alpha value is -1.75. The van der Waals surface area contributed by atoms with Crippen molar-refractivity contribution in [1.29, 1.82) is 0 Å². The summed E-state index contributed by atoms with van der Waals surface area (Å²) in [6.07, 6.45) is 0. The summed E-state index contributed by atoms with van der Waals surface area (Å²) in [6, 6.07) is 5.15. The molecule has 0 aliphatic rings. The molecule has 0 bridgehead atoms. The average Bonchev–Trinajstić information content (AvgIpc) is 2.78. The molecule has 1 aromatic carbocycles. The van der Waals surface area contributed by atoms with Gasteiger partial charge in [-0.3, -0.25) is 0 Å². The standard InChI is InChI=1S/C13H14F2N2O/c1-8(2)16-7-10-6-13(18-17-10)11-5-9(14)3-4-12(11)15/h3-6,8,16H,7H2,1-2H3. The van der Waals surface area contributed by atoms with Gasteiger partial charge in [0, 0.05) is 18.7 Å². The van der Waals surface area contributed by atoms with Gasteiger partial charge in [-0.2, -0.15) is 0 Å². The van der Waals surface area contributed by atoms with Crippen molar-refractivity contribution in [3.05, 3.63) is 41.6 Å². The number of nitrogens with one attached hydrogen (secondary N) is 1. The van der Waals surface area contributed by atoms with Crippen LogP contribution in [0.3, 0.4) is 0 Å². The van der Waals surface area contributed by atoms with Crippen LogP contribution in [0, 0.1) is 11.6 Å². The first-order chi connectivity index (χ1) is 8.56. The molecule has 2 aromatic rings. The van der Waals surface area contributed by atoms with Crippen molar-refractivity contribution in [3.63, 3.8) is 0 Å². The maximum atomic E-state index is 13.5. The Bertz CT molecular complexity index is 538. The summed E-state index contributed by atoms with van der Waals surface area (Å²) in [7, 11) is 0. The average molecular weight is 252 g/mol. The Labute approximate surface area is 104 Å². The molecule has 0 saturated heterocycles. The molecule has 96 valence electrons. The molecule has 0 aliphatic heterocycles. The fourth-order valence-corrected chi connectivity index (χ4v) is 1.52. The highest BCUT2D eigenvalue weighted by Gasteiger charge is 2.12. The predicted molar refractivity (Wildman–Crippen MR) is 63.8 cm³/mol. The molecule has 5 heteroatoms. The van der Waals surface area contributed by atoms with E-state index in [-0.39, 0.29) is 11.3 Å². The van der Waals surface area contributed by atoms with Crippen LogP contribution < -0.4 is 5.32 Å². The largest absolute Gasteiger partial charge is 0.356 e. The minimum Gasteiger partial charge on any atom is -0.356 e. The molecular formula is C13H14F2N2O. The number of hydrogen-bond acceptors (Lipinski definition) is 3. The predicted octanol–water partition coefficient (Wildman–Crippen LogP) is 3.12. The smallest absolute Gasteiger partial charge is 0.170 e. The van der Waals surface area contributed by atoms with Crippen LogP contribution in [0.2, 0.25) is 0 Å². The van der Waals surface area contributed by atoms with E-state index in [1.807, 2.05) is 13.8 Å². The van der Waals surface area contributed by atoms with Gasteiger partial charge in [-0.05, 0) is 18.2 Å². The molecule has 1 heterocycles. The minimum atomic E-state index is -0.532. The molecule has 18 heavy (non-hydrogen) atoms. The van der Waals surface area contributed by atoms with Crippen molar-refractivity contribution in [2.24, 2.45) is 0 Å². The van der Waals surface area contributed by atoms with Gasteiger partial charge < -0.3 is 9.84 Å². The van der Waals surface area contributed by atoms with Crippen LogP contribution in [0.4, 0.5) is 8.78 Å². The quantitative estimate of drug-likeness (QED) is 0.908. The number of halogens is 2. The van der Waals surface area contributed by atoms with E-state index in [0.29, 0.717) is 18.3 Å². The lowest BCUT2D eigenvalue weighted by molar-refractivity contribution is 0.415. The Morgan fingerprint density at radius 1 is 1.28 bits per heavy atom. The van der Waals surface area contributed by atoms with Crippen LogP contribution >= 0.6 is 0 Å². The molecule has 0 fully saturated rings. The van der Waals surface area contributed by atoms with Crippen molar-refractivity contribution in [2.45, 2.75) is 26.4 Å². The molecule has 1 N–H and O–H groups in total. The third-order valence-electron chi connectivity index (χ3n) is 2.44. The van der Waals surface area contributed by atoms with Crippen LogP contribution in [-0.2, 0) is 6.54 Å². The highest BCUT2D eigenvalue weighted by Crippen LogP contribution is 2.24. The molecule has 0 aliphatic carbocycles. The maximum absolute atomic E-state index is 13.5. The van der Waals surface area contributed by atoms with Crippen molar-refractivity contribution in [3.8, 4) is 11.3 Å². The zero-order valence-corrected chi connectivity index (χ0v) is 10.2. The van der Waals surface area contributed by atoms with E-state index >= 15 is 0 Å². The zero-order chi connectivity index (χ0) is 13.1. The van der Waals surface area contributed by atoms with Gasteiger partial charge in [-0.15, -0.1) is 0 Å². The van der Waals surface area contributed by atoms with Crippen LogP contribution in [0.1, 0.15) is 19.5 Å². The van der Waals surface area contributed by atoms with Gasteiger partial charge in [0.1, 0.15) is 11.6 Å². The van der Waals surface area contributed by atoms with E-state index in [9.17, 15) is 8.78 Å². The summed E-state index contributed by atoms with van der Waals surface area (Å²) in [5.41, 5.74) is 0.737. The zero-order valence-electron chi connectivity index (χ0n) is 10.2. The summed E-state index contributed by atoms with van der Waals surface area (Å²) in [6.45, 7) is 4.54. The Kier molecular flexibility index (Phi) is 3.72. The SMILES string of the molecule is CC(C)NCc1cc(-c2cc(F)ccc2F)on1. The van der Waals surface area contributed by atoms with E-state index in [2.05, 4.69) is 10.5 Å². The number of rotatable bonds is 4. The second kappa shape index (κ2) is 5.27. The van der Waals surface area contributed by atoms with Crippen molar-refractivity contribution < 1.29 is 13.3 Å². The molecular weight excluding hydrogens is 238 g/mol. The molecule has 2 rings (SSSR count). The molecule has 0 amide bonds. The second-order valence-electron chi connectivity index (χ2n) is 4.34. The number of hydrogen-bond donors (Lipinski definition) is 1. The molecule has 0 saturated carbocycles. The fourth-order valence-electron chi connectivity index (χ4n) is 1.52. The second-order valence-corrected chi connectivity index (χ2v) is 4.34. The Morgan fingerprint density at radius 2 is 2.06 bits per heavy atom. The number of benzene rings is 1. The third kappa shape index (κ3) is 2.92. The summed E-state index contributed by atoms with van der Waals surface area (Å²) >= 11 is 0. The van der Waals surface area contributed by atoms with Gasteiger partial charge in [0.2, 0.25) is 0 Å². The van der Waals surface area contributed by atoms with E-state index in [1.54, 1.807) is 6.07 Å². The Morgan fingerprint density at radius 3 is 2.78 bits per heavy atom. The summed E-state index contributed by atoms with van der Waals surface area (Å²) in [5, 5.41) is 6.97. The molecule has 0 spiro atoms. The van der Waals surface area contributed by atoms with Gasteiger partial charge >= 0.3 is 0 Å². The molecule has 1 aromatic heterocycles. The number of aromatic nitrogens is 1. The van der Waals surface area contributed by atoms with Crippen LogP contribution in [0.25, 0.3) is 11.3 Å². The molecule has 0 radical (unpaired) electrons. The van der Waals surface area contributed by atoms with Gasteiger partial charge in [0.15, 0.2) is 5.76 Å². The van der Waals surface area contributed by atoms with Gasteiger partial charge in [0.05, 0.1) is 11.3 Å². The van der Waals surface area contributed by atoms with E-state index in [0.717, 1.165) is 18.2 Å². The highest BCUT2D eigenvalue weighted by molar-refractivity contribution is 5.58. The first-order valence-corrected chi connectivity index (χ1v) is 5.70. The van der Waals surface area contributed by atoms with E-state index in [1.165, 1.54) is 0 Å². The third-order valence-corrected chi connectivity index (χ3v) is 2.44. The normalized spacial score (nSPS) is 11.2. The first-order valence-electron chi connectivity index (χ1n) is 5.70. The van der Waals surface area contributed by atoms with E-state index < -0.39 is 11.6 Å². The van der Waals surface area contributed by atoms with Crippen molar-refractivity contribution in [1.82, 2.24) is 10.5 Å². The monoisotopic (exact) mass is 252 g/mol. The lowest BCUT2D eigenvalue weighted by Gasteiger charge is -2.03. The highest BCUT2D eigenvalue weighted by atomic mass is 19.1. The summed E-state index contributed by atoms with van der Waals surface area (Å²) in [5.74, 6) is -0.812. The number of nitrogens with zero attached hydrogens (tertiary/aromatic N) is 1. The fraction of sp³-hybridized carbons (Fsp3) is 0.308. The van der Waals surface area contributed by atoms with E-state index in [4.69, 9.17) is 4.52 Å². The van der Waals surface area contributed by atoms with Gasteiger partial charge in [-0.25, -0.2) is 8.78 Å². The lowest BCUT2D eigenvalue weighted by Crippen LogP contribution is -2.21. The lowest BCUT2D eigenvalue weighted by atomic mass is 10.1. The van der Waals surface area contributed by atoms with Crippen molar-refractivity contribution >= 4 is 0 Å². The molecule has 0 atom stereocenters. The topological polar surface area (TPSA) is 38.1 Å². The van der Waals surface area contributed by atoms with Crippen molar-refractivity contribution in [2.75, 3.05) is 0 Å². The van der Waals surface area contributed by atoms with Crippen LogP contribution in [-0.4, -0.2) is 11.2 Å². The molecule has 3 nitrogen and oxygen atoms in total. The summed E-state index contributed by atoms with van der Waals surface area (Å²) in [4.78, 5) is 0. The maximum Gasteiger partial charge on any atom is 0.170 e. The van der Waals surface area contributed by atoms with Crippen LogP contribution in [0.15, 0.2) is 28.8 Å². The summed E-state index contributed by atoms with van der Waals surface area (Å²) < 4.78 is 31.6. The Balaban J connectivity index is 2.21. The van der Waals surface area contributed by atoms with Gasteiger partial charge in [-0.1, -0.05) is 19.0 Å². The molecule has 0 unspecified atom stereocenters. The van der Waals surface area contributed by atoms with Crippen LogP contribution in [0.5, 0.6) is 0 Å². The van der Waals surface area contributed by atoms with Gasteiger partial charge in [0.25, 0.3) is 0 Å². The minimum absolute atomic E-state index is 0.0818.